The molecule has 1 aliphatic heterocycles. The number of benzene rings is 1. The van der Waals surface area contributed by atoms with E-state index < -0.39 is 5.63 Å². The van der Waals surface area contributed by atoms with Crippen LogP contribution >= 0.6 is 0 Å². The maximum atomic E-state index is 11.7. The predicted molar refractivity (Wildman–Crippen MR) is 71.9 cm³/mol. The molecule has 2 heterocycles. The molecule has 0 radical (unpaired) electrons. The minimum atomic E-state index is -0.400. The van der Waals surface area contributed by atoms with Crippen LogP contribution in [0.15, 0.2) is 27.4 Å². The van der Waals surface area contributed by atoms with Crippen molar-refractivity contribution in [1.29, 1.82) is 0 Å². The highest BCUT2D eigenvalue weighted by Crippen LogP contribution is 2.31. The van der Waals surface area contributed by atoms with Crippen molar-refractivity contribution in [2.45, 2.75) is 6.92 Å². The van der Waals surface area contributed by atoms with E-state index in [-0.39, 0.29) is 5.75 Å². The molecule has 0 saturated carbocycles. The van der Waals surface area contributed by atoms with Gasteiger partial charge >= 0.3 is 5.63 Å². The van der Waals surface area contributed by atoms with Crippen LogP contribution in [0.1, 0.15) is 5.56 Å². The van der Waals surface area contributed by atoms with E-state index in [4.69, 9.17) is 9.15 Å². The first-order chi connectivity index (χ1) is 9.16. The van der Waals surface area contributed by atoms with Crippen molar-refractivity contribution in [3.63, 3.8) is 0 Å². The fourth-order valence-corrected chi connectivity index (χ4v) is 2.40. The van der Waals surface area contributed by atoms with Crippen molar-refractivity contribution in [3.05, 3.63) is 34.2 Å². The van der Waals surface area contributed by atoms with Crippen molar-refractivity contribution < 1.29 is 14.3 Å². The lowest BCUT2D eigenvalue weighted by atomic mass is 10.1. The van der Waals surface area contributed by atoms with Crippen LogP contribution in [0.2, 0.25) is 0 Å². The third-order valence-electron chi connectivity index (χ3n) is 3.46. The summed E-state index contributed by atoms with van der Waals surface area (Å²) in [6.45, 7) is 4.54. The second-order valence-corrected chi connectivity index (χ2v) is 4.64. The summed E-state index contributed by atoms with van der Waals surface area (Å²) in [5.41, 5.74) is 1.49. The number of aryl methyl sites for hydroxylation is 1. The summed E-state index contributed by atoms with van der Waals surface area (Å²) in [6.07, 6.45) is 0. The average molecular weight is 261 g/mol. The smallest absolute Gasteiger partial charge is 0.338 e. The van der Waals surface area contributed by atoms with E-state index in [0.717, 1.165) is 24.2 Å². The van der Waals surface area contributed by atoms with Crippen LogP contribution in [0.3, 0.4) is 0 Å². The van der Waals surface area contributed by atoms with Gasteiger partial charge in [0.15, 0.2) is 0 Å². The summed E-state index contributed by atoms with van der Waals surface area (Å²) >= 11 is 0. The molecule has 0 bridgehead atoms. The minimum absolute atomic E-state index is 0.134. The van der Waals surface area contributed by atoms with E-state index in [0.29, 0.717) is 24.4 Å². The van der Waals surface area contributed by atoms with E-state index in [1.165, 1.54) is 6.07 Å². The number of rotatable bonds is 1. The molecule has 0 aliphatic carbocycles. The summed E-state index contributed by atoms with van der Waals surface area (Å²) < 4.78 is 10.6. The van der Waals surface area contributed by atoms with Crippen LogP contribution in [-0.2, 0) is 4.74 Å². The zero-order valence-corrected chi connectivity index (χ0v) is 10.7. The Balaban J connectivity index is 2.23. The zero-order valence-electron chi connectivity index (χ0n) is 10.7. The van der Waals surface area contributed by atoms with Gasteiger partial charge in [-0.3, -0.25) is 0 Å². The number of nitrogens with zero attached hydrogens (tertiary/aromatic N) is 1. The molecule has 0 unspecified atom stereocenters. The topological polar surface area (TPSA) is 62.9 Å². The van der Waals surface area contributed by atoms with E-state index in [9.17, 15) is 9.90 Å². The summed E-state index contributed by atoms with van der Waals surface area (Å²) in [5, 5.41) is 10.6. The standard InChI is InChI=1S/C14H15NO4/c1-9-12(16)3-2-10-11(8-13(17)19-14(9)10)15-4-6-18-7-5-15/h2-3,8,16H,4-7H2,1H3. The minimum Gasteiger partial charge on any atom is -0.508 e. The summed E-state index contributed by atoms with van der Waals surface area (Å²) in [7, 11) is 0. The fourth-order valence-electron chi connectivity index (χ4n) is 2.40. The van der Waals surface area contributed by atoms with E-state index in [1.54, 1.807) is 19.1 Å². The Kier molecular flexibility index (Phi) is 2.91. The van der Waals surface area contributed by atoms with Crippen molar-refractivity contribution in [3.8, 4) is 5.75 Å². The van der Waals surface area contributed by atoms with Gasteiger partial charge in [-0.1, -0.05) is 0 Å². The molecule has 1 aromatic carbocycles. The zero-order chi connectivity index (χ0) is 13.4. The third kappa shape index (κ3) is 2.06. The maximum absolute atomic E-state index is 11.7. The first kappa shape index (κ1) is 12.0. The van der Waals surface area contributed by atoms with Gasteiger partial charge in [0, 0.05) is 30.1 Å². The van der Waals surface area contributed by atoms with Gasteiger partial charge in [-0.25, -0.2) is 4.79 Å². The van der Waals surface area contributed by atoms with Crippen LogP contribution in [0.5, 0.6) is 5.75 Å². The Hall–Kier alpha value is -2.01. The number of fused-ring (bicyclic) bond motifs is 1. The normalized spacial score (nSPS) is 15.9. The largest absolute Gasteiger partial charge is 0.508 e. The molecule has 2 aromatic rings. The molecule has 1 N–H and O–H groups in total. The molecule has 5 heteroatoms. The van der Waals surface area contributed by atoms with E-state index in [2.05, 4.69) is 4.90 Å². The number of aromatic hydroxyl groups is 1. The van der Waals surface area contributed by atoms with Gasteiger partial charge in [-0.15, -0.1) is 0 Å². The summed E-state index contributed by atoms with van der Waals surface area (Å²) in [6, 6.07) is 4.91. The molecule has 19 heavy (non-hydrogen) atoms. The number of hydrogen-bond acceptors (Lipinski definition) is 5. The quantitative estimate of drug-likeness (QED) is 0.791. The number of hydrogen-bond donors (Lipinski definition) is 1. The molecule has 100 valence electrons. The average Bonchev–Trinajstić information content (AvgIpc) is 2.44. The SMILES string of the molecule is Cc1c(O)ccc2c(N3CCOCC3)cc(=O)oc12. The van der Waals surface area contributed by atoms with Gasteiger partial charge in [0.2, 0.25) is 0 Å². The highest BCUT2D eigenvalue weighted by atomic mass is 16.5. The summed E-state index contributed by atoms with van der Waals surface area (Å²) in [4.78, 5) is 13.8. The number of phenols is 1. The highest BCUT2D eigenvalue weighted by Gasteiger charge is 2.17. The first-order valence-electron chi connectivity index (χ1n) is 6.26. The Morgan fingerprint density at radius 2 is 2.00 bits per heavy atom. The van der Waals surface area contributed by atoms with E-state index in [1.807, 2.05) is 0 Å². The number of morpholine rings is 1. The molecule has 1 saturated heterocycles. The van der Waals surface area contributed by atoms with Crippen LogP contribution in [0.4, 0.5) is 5.69 Å². The highest BCUT2D eigenvalue weighted by molar-refractivity contribution is 5.93. The Labute approximate surface area is 110 Å². The molecule has 5 nitrogen and oxygen atoms in total. The van der Waals surface area contributed by atoms with Crippen molar-refractivity contribution >= 4 is 16.7 Å². The maximum Gasteiger partial charge on any atom is 0.338 e. The molecule has 1 aromatic heterocycles. The second kappa shape index (κ2) is 4.59. The van der Waals surface area contributed by atoms with Crippen LogP contribution < -0.4 is 10.5 Å². The molecular weight excluding hydrogens is 246 g/mol. The number of ether oxygens (including phenoxy) is 1. The molecule has 3 rings (SSSR count). The van der Waals surface area contributed by atoms with E-state index >= 15 is 0 Å². The van der Waals surface area contributed by atoms with Crippen LogP contribution in [-0.4, -0.2) is 31.4 Å². The molecule has 0 atom stereocenters. The summed E-state index contributed by atoms with van der Waals surface area (Å²) in [5.74, 6) is 0.134. The molecule has 1 aliphatic rings. The van der Waals surface area contributed by atoms with Gasteiger partial charge in [-0.05, 0) is 19.1 Å². The van der Waals surface area contributed by atoms with Gasteiger partial charge < -0.3 is 19.2 Å². The monoisotopic (exact) mass is 261 g/mol. The second-order valence-electron chi connectivity index (χ2n) is 4.64. The van der Waals surface area contributed by atoms with Crippen LogP contribution in [0.25, 0.3) is 11.0 Å². The lowest BCUT2D eigenvalue weighted by Crippen LogP contribution is -2.36. The van der Waals surface area contributed by atoms with Crippen molar-refractivity contribution in [1.82, 2.24) is 0 Å². The number of phenolic OH excluding ortho intramolecular Hbond substituents is 1. The lowest BCUT2D eigenvalue weighted by Gasteiger charge is -2.29. The Bertz CT molecular complexity index is 671. The molecule has 0 spiro atoms. The molecular formula is C14H15NO4. The fraction of sp³-hybridized carbons (Fsp3) is 0.357. The van der Waals surface area contributed by atoms with Gasteiger partial charge in [-0.2, -0.15) is 0 Å². The Morgan fingerprint density at radius 1 is 1.26 bits per heavy atom. The van der Waals surface area contributed by atoms with Crippen molar-refractivity contribution in [2.75, 3.05) is 31.2 Å². The van der Waals surface area contributed by atoms with Crippen LogP contribution in [0, 0.1) is 6.92 Å². The van der Waals surface area contributed by atoms with Gasteiger partial charge in [0.25, 0.3) is 0 Å². The lowest BCUT2D eigenvalue weighted by molar-refractivity contribution is 0.123. The Morgan fingerprint density at radius 3 is 2.74 bits per heavy atom. The molecule has 1 fully saturated rings. The predicted octanol–water partition coefficient (Wildman–Crippen LogP) is 1.64. The molecule has 0 amide bonds. The van der Waals surface area contributed by atoms with Gasteiger partial charge in [0.1, 0.15) is 11.3 Å². The number of anilines is 1. The van der Waals surface area contributed by atoms with Crippen molar-refractivity contribution in [2.24, 2.45) is 0 Å². The van der Waals surface area contributed by atoms with Gasteiger partial charge in [0.05, 0.1) is 18.9 Å². The first-order valence-corrected chi connectivity index (χ1v) is 6.26. The third-order valence-corrected chi connectivity index (χ3v) is 3.46.